The first-order valence-corrected chi connectivity index (χ1v) is 9.49. The molecule has 0 spiro atoms. The van der Waals surface area contributed by atoms with Crippen molar-refractivity contribution < 1.29 is 17.5 Å². The standard InChI is InChI=1S/C17H29N2O3S/c1-14-17(2,3)15-10-7-8-11-16(15)19(14,23(20,21)22)13-9-12-18(4,5)6/h7-8,10-11,14H,9,12-13H2,1-6H3/q+1/p+1. The van der Waals surface area contributed by atoms with Gasteiger partial charge in [0.1, 0.15) is 12.6 Å². The van der Waals surface area contributed by atoms with E-state index in [4.69, 9.17) is 0 Å². The van der Waals surface area contributed by atoms with Gasteiger partial charge in [0.05, 0.1) is 27.7 Å². The fourth-order valence-electron chi connectivity index (χ4n) is 3.84. The van der Waals surface area contributed by atoms with E-state index < -0.39 is 10.3 Å². The predicted molar refractivity (Wildman–Crippen MR) is 94.7 cm³/mol. The van der Waals surface area contributed by atoms with Gasteiger partial charge in [0.2, 0.25) is 0 Å². The number of hydrogen-bond donors (Lipinski definition) is 1. The Morgan fingerprint density at radius 2 is 1.78 bits per heavy atom. The fourth-order valence-corrected chi connectivity index (χ4v) is 5.27. The van der Waals surface area contributed by atoms with E-state index in [1.807, 2.05) is 31.2 Å². The topological polar surface area (TPSA) is 54.4 Å². The van der Waals surface area contributed by atoms with E-state index in [0.29, 0.717) is 12.2 Å². The predicted octanol–water partition coefficient (Wildman–Crippen LogP) is 2.57. The minimum absolute atomic E-state index is 0.248. The molecule has 2 atom stereocenters. The van der Waals surface area contributed by atoms with Crippen LogP contribution in [0.2, 0.25) is 0 Å². The summed E-state index contributed by atoms with van der Waals surface area (Å²) in [5.74, 6) is 0. The molecular weight excluding hydrogens is 312 g/mol. The minimum Gasteiger partial charge on any atom is -0.331 e. The van der Waals surface area contributed by atoms with Crippen LogP contribution < -0.4 is 3.89 Å². The second-order valence-corrected chi connectivity index (χ2v) is 9.80. The van der Waals surface area contributed by atoms with Crippen molar-refractivity contribution in [3.63, 3.8) is 0 Å². The van der Waals surface area contributed by atoms with Gasteiger partial charge in [-0.05, 0) is 20.8 Å². The van der Waals surface area contributed by atoms with Crippen LogP contribution in [0.1, 0.15) is 32.8 Å². The highest BCUT2D eigenvalue weighted by atomic mass is 32.2. The van der Waals surface area contributed by atoms with E-state index in [2.05, 4.69) is 35.0 Å². The highest BCUT2D eigenvalue weighted by Gasteiger charge is 2.61. The third kappa shape index (κ3) is 2.93. The summed E-state index contributed by atoms with van der Waals surface area (Å²) in [7, 11) is 1.97. The van der Waals surface area contributed by atoms with Gasteiger partial charge in [-0.1, -0.05) is 18.2 Å². The average molecular weight is 343 g/mol. The second kappa shape index (κ2) is 5.55. The van der Waals surface area contributed by atoms with Crippen LogP contribution in [0.5, 0.6) is 0 Å². The number of rotatable bonds is 5. The molecule has 23 heavy (non-hydrogen) atoms. The molecule has 0 aromatic heterocycles. The molecule has 1 aliphatic rings. The van der Waals surface area contributed by atoms with Crippen molar-refractivity contribution in [3.05, 3.63) is 29.8 Å². The van der Waals surface area contributed by atoms with E-state index in [-0.39, 0.29) is 15.3 Å². The van der Waals surface area contributed by atoms with Crippen LogP contribution >= 0.6 is 0 Å². The van der Waals surface area contributed by atoms with Gasteiger partial charge < -0.3 is 4.48 Å². The largest absolute Gasteiger partial charge is 0.438 e. The smallest absolute Gasteiger partial charge is 0.331 e. The van der Waals surface area contributed by atoms with Crippen LogP contribution in [-0.4, -0.2) is 57.7 Å². The lowest BCUT2D eigenvalue weighted by Gasteiger charge is -2.38. The molecule has 0 saturated heterocycles. The summed E-state index contributed by atoms with van der Waals surface area (Å²) in [5, 5.41) is 0. The highest BCUT2D eigenvalue weighted by molar-refractivity contribution is 7.85. The molecule has 1 heterocycles. The van der Waals surface area contributed by atoms with Gasteiger partial charge in [-0.2, -0.15) is 3.89 Å². The van der Waals surface area contributed by atoms with Crippen LogP contribution in [0.15, 0.2) is 24.3 Å². The Morgan fingerprint density at radius 1 is 1.22 bits per heavy atom. The first-order valence-electron chi connectivity index (χ1n) is 8.10. The van der Waals surface area contributed by atoms with E-state index >= 15 is 0 Å². The molecule has 130 valence electrons. The molecule has 0 bridgehead atoms. The molecule has 1 aliphatic heterocycles. The van der Waals surface area contributed by atoms with E-state index in [1.54, 1.807) is 0 Å². The monoisotopic (exact) mass is 342 g/mol. The Labute approximate surface area is 140 Å². The SMILES string of the molecule is CC1C(C)(C)c2ccccc2[N+]1(CCC[N+](C)(C)C)S(=O)(=O)O. The summed E-state index contributed by atoms with van der Waals surface area (Å²) in [6.07, 6.45) is 0.720. The van der Waals surface area contributed by atoms with Crippen molar-refractivity contribution in [1.29, 1.82) is 0 Å². The zero-order valence-corrected chi connectivity index (χ0v) is 15.9. The molecule has 0 saturated carbocycles. The molecule has 1 aromatic carbocycles. The number of hydrogen-bond acceptors (Lipinski definition) is 2. The summed E-state index contributed by atoms with van der Waals surface area (Å²) in [5.41, 5.74) is 1.41. The number of nitrogens with zero attached hydrogens (tertiary/aromatic N) is 2. The summed E-state index contributed by atoms with van der Waals surface area (Å²) in [4.78, 5) is 0. The maximum Gasteiger partial charge on any atom is 0.438 e. The molecule has 0 radical (unpaired) electrons. The highest BCUT2D eigenvalue weighted by Crippen LogP contribution is 2.51. The van der Waals surface area contributed by atoms with Crippen molar-refractivity contribution in [1.82, 2.24) is 3.89 Å². The molecule has 0 fully saturated rings. The van der Waals surface area contributed by atoms with Crippen molar-refractivity contribution >= 4 is 16.0 Å². The van der Waals surface area contributed by atoms with Gasteiger partial charge in [-0.25, -0.2) is 4.55 Å². The molecule has 5 nitrogen and oxygen atoms in total. The Balaban J connectivity index is 2.56. The van der Waals surface area contributed by atoms with Crippen LogP contribution in [-0.2, 0) is 15.7 Å². The number of quaternary nitrogens is 2. The summed E-state index contributed by atoms with van der Waals surface area (Å²) < 4.78 is 35.6. The van der Waals surface area contributed by atoms with Crippen molar-refractivity contribution in [2.45, 2.75) is 38.6 Å². The number of benzene rings is 1. The van der Waals surface area contributed by atoms with Gasteiger partial charge in [0.15, 0.2) is 5.69 Å². The van der Waals surface area contributed by atoms with Crippen LogP contribution in [0.4, 0.5) is 5.69 Å². The third-order valence-corrected chi connectivity index (χ3v) is 6.93. The van der Waals surface area contributed by atoms with Crippen LogP contribution in [0.25, 0.3) is 0 Å². The molecule has 1 N–H and O–H groups in total. The molecule has 1 aromatic rings. The molecule has 2 rings (SSSR count). The zero-order chi connectivity index (χ0) is 17.7. The lowest BCUT2D eigenvalue weighted by molar-refractivity contribution is -0.870. The van der Waals surface area contributed by atoms with Gasteiger partial charge in [0, 0.05) is 23.5 Å². The van der Waals surface area contributed by atoms with Crippen LogP contribution in [0.3, 0.4) is 0 Å². The van der Waals surface area contributed by atoms with E-state index in [1.165, 1.54) is 0 Å². The molecule has 0 aliphatic carbocycles. The van der Waals surface area contributed by atoms with Crippen molar-refractivity contribution in [3.8, 4) is 0 Å². The van der Waals surface area contributed by atoms with Gasteiger partial charge in [-0.3, -0.25) is 0 Å². The van der Waals surface area contributed by atoms with Gasteiger partial charge >= 0.3 is 10.3 Å². The molecule has 0 amide bonds. The van der Waals surface area contributed by atoms with Crippen molar-refractivity contribution in [2.24, 2.45) is 0 Å². The van der Waals surface area contributed by atoms with E-state index in [0.717, 1.165) is 23.0 Å². The lowest BCUT2D eigenvalue weighted by Crippen LogP contribution is -2.61. The third-order valence-electron chi connectivity index (χ3n) is 5.41. The summed E-state index contributed by atoms with van der Waals surface area (Å²) in [6, 6.07) is 7.37. The number of fused-ring (bicyclic) bond motifs is 1. The Hall–Kier alpha value is -0.950. The molecule has 6 heteroatoms. The maximum absolute atomic E-state index is 12.5. The first-order chi connectivity index (χ1) is 10.3. The Kier molecular flexibility index (Phi) is 4.44. The van der Waals surface area contributed by atoms with Gasteiger partial charge in [0.25, 0.3) is 0 Å². The normalized spacial score (nSPS) is 27.0. The summed E-state index contributed by atoms with van der Waals surface area (Å²) >= 11 is 0. The average Bonchev–Trinajstić information content (AvgIpc) is 2.56. The van der Waals surface area contributed by atoms with Crippen LogP contribution in [0, 0.1) is 0 Å². The Bertz CT molecular complexity index is 692. The van der Waals surface area contributed by atoms with E-state index in [9.17, 15) is 13.0 Å². The lowest BCUT2D eigenvalue weighted by atomic mass is 9.81. The fraction of sp³-hybridized carbons (Fsp3) is 0.647. The molecular formula is C17H30N2O3S+2. The maximum atomic E-state index is 12.5. The Morgan fingerprint density at radius 3 is 2.30 bits per heavy atom. The summed E-state index contributed by atoms with van der Waals surface area (Å²) in [6.45, 7) is 7.28. The molecule has 2 unspecified atom stereocenters. The first kappa shape index (κ1) is 18.4. The second-order valence-electron chi connectivity index (χ2n) is 8.25. The number of para-hydroxylation sites is 1. The van der Waals surface area contributed by atoms with Crippen molar-refractivity contribution in [2.75, 3.05) is 34.2 Å². The van der Waals surface area contributed by atoms with Gasteiger partial charge in [-0.15, -0.1) is 8.42 Å². The minimum atomic E-state index is -4.28. The quantitative estimate of drug-likeness (QED) is 0.661. The zero-order valence-electron chi connectivity index (χ0n) is 15.1.